The maximum atomic E-state index is 14.9. The molecule has 4 fully saturated rings. The van der Waals surface area contributed by atoms with Crippen molar-refractivity contribution >= 4 is 68.2 Å². The van der Waals surface area contributed by atoms with E-state index in [1.165, 1.54) is 11.0 Å². The van der Waals surface area contributed by atoms with Crippen LogP contribution < -0.4 is 18.9 Å². The van der Waals surface area contributed by atoms with Crippen LogP contribution in [0.2, 0.25) is 5.02 Å². The van der Waals surface area contributed by atoms with Crippen LogP contribution in [-0.2, 0) is 47.9 Å². The number of halogens is 10. The van der Waals surface area contributed by atoms with Gasteiger partial charge in [-0.15, -0.1) is 0 Å². The Labute approximate surface area is 474 Å². The second-order valence-corrected chi connectivity index (χ2v) is 23.2. The van der Waals surface area contributed by atoms with Crippen LogP contribution in [0.5, 0.6) is 17.4 Å². The predicted octanol–water partition coefficient (Wildman–Crippen LogP) is 10.6. The van der Waals surface area contributed by atoms with Gasteiger partial charge in [-0.3, -0.25) is 29.3 Å². The van der Waals surface area contributed by atoms with Crippen LogP contribution >= 0.6 is 11.6 Å². The van der Waals surface area contributed by atoms with Gasteiger partial charge in [-0.25, -0.2) is 18.7 Å². The molecule has 5 atom stereocenters. The Morgan fingerprint density at radius 3 is 2.07 bits per heavy atom. The highest BCUT2D eigenvalue weighted by Gasteiger charge is 2.63. The number of carbonyl (C=O) groups excluding carboxylic acids is 5. The summed E-state index contributed by atoms with van der Waals surface area (Å²) in [5.74, 6) is -6.09. The van der Waals surface area contributed by atoms with E-state index in [0.717, 1.165) is 24.3 Å². The number of Topliss-reactive ketones (excluding diaryl/α,β-unsaturated/α-hetero) is 1. The van der Waals surface area contributed by atoms with E-state index in [0.29, 0.717) is 45.0 Å². The molecule has 2 amide bonds. The largest absolute Gasteiger partial charge is 0.514 e. The van der Waals surface area contributed by atoms with E-state index in [1.54, 1.807) is 36.8 Å². The summed E-state index contributed by atoms with van der Waals surface area (Å²) < 4.78 is 182. The molecule has 7 rings (SSSR count). The molecule has 4 aliphatic rings. The first-order valence-electron chi connectivity index (χ1n) is 26.0. The number of para-hydroxylation sites is 1. The number of benzene rings is 2. The van der Waals surface area contributed by atoms with Crippen LogP contribution in [-0.4, -0.2) is 127 Å². The number of alkyl halides is 9. The molecule has 83 heavy (non-hydrogen) atoms. The maximum absolute atomic E-state index is 14.9. The minimum Gasteiger partial charge on any atom is -0.488 e. The third-order valence-corrected chi connectivity index (χ3v) is 15.9. The van der Waals surface area contributed by atoms with Crippen LogP contribution in [0.25, 0.3) is 10.9 Å². The number of aromatic nitrogens is 1. The molecule has 3 heterocycles. The van der Waals surface area contributed by atoms with E-state index in [4.69, 9.17) is 34.7 Å². The third kappa shape index (κ3) is 16.8. The Morgan fingerprint density at radius 2 is 1.53 bits per heavy atom. The fourth-order valence-electron chi connectivity index (χ4n) is 9.64. The van der Waals surface area contributed by atoms with Gasteiger partial charge in [0.2, 0.25) is 28.9 Å². The van der Waals surface area contributed by atoms with Gasteiger partial charge in [-0.05, 0) is 103 Å². The molecule has 0 spiro atoms. The number of hydrogen-bond donors (Lipinski definition) is 1. The summed E-state index contributed by atoms with van der Waals surface area (Å²) in [6.45, 7) is 6.47. The maximum Gasteiger partial charge on any atom is 0.514 e. The van der Waals surface area contributed by atoms with Crippen molar-refractivity contribution in [1.29, 1.82) is 0 Å². The second-order valence-electron chi connectivity index (χ2n) is 21.5. The molecule has 460 valence electrons. The van der Waals surface area contributed by atoms with Crippen molar-refractivity contribution in [3.05, 3.63) is 63.7 Å². The topological polar surface area (TPSA) is 255 Å². The van der Waals surface area contributed by atoms with Crippen molar-refractivity contribution in [3.63, 3.8) is 0 Å². The van der Waals surface area contributed by atoms with Crippen LogP contribution in [0, 0.1) is 33.3 Å². The quantitative estimate of drug-likeness (QED) is 0.0342. The number of hydrogen-bond acceptors (Lipinski definition) is 17. The zero-order valence-corrected chi connectivity index (χ0v) is 47.0. The molecule has 20 nitrogen and oxygen atoms in total. The van der Waals surface area contributed by atoms with E-state index in [9.17, 15) is 82.0 Å². The molecule has 0 unspecified atom stereocenters. The summed E-state index contributed by atoms with van der Waals surface area (Å²) in [6.07, 6.45) is -19.6. The van der Waals surface area contributed by atoms with Crippen molar-refractivity contribution in [1.82, 2.24) is 14.6 Å². The number of ether oxygens (including phenoxy) is 6. The standard InChI is InChI=1S/C41H50ClF6N3O11S.C11H10F3NO5/c1-5-24-19-39(24,36(55)50-63(56,57)62-38(12-13-38)22-40(43,44)45)20-30(52)29-16-25(60-31-18-32(59-6-2)49-34-26(31)8-7-9-28(34)42)21-51(29)35(54)27(23-10-14-58-15-11-23)17-33(53)61-37(3,4)41(46,47)48;1-10(2,11(12,13)14)20-9(16)19-8-5-3-7(4-6-8)15(17)18/h7-9,18,23-25,27,29H,5-6,10-17,19-22H2,1-4H3,(H,50,55);3-6H,1-2H3/t24-,25-,27+,29+,39-;/m1./s1. The number of rotatable bonds is 21. The highest BCUT2D eigenvalue weighted by Crippen LogP contribution is 2.58. The van der Waals surface area contributed by atoms with E-state index < -0.39 is 135 Å². The molecule has 2 aliphatic carbocycles. The Balaban J connectivity index is 0.000000467. The van der Waals surface area contributed by atoms with Gasteiger partial charge in [0, 0.05) is 49.6 Å². The number of nitro groups is 1. The fourth-order valence-corrected chi connectivity index (χ4v) is 11.0. The number of esters is 1. The number of pyridine rings is 1. The molecule has 31 heteroatoms. The number of ketones is 1. The molecular formula is C52H60ClF9N4O16S. The van der Waals surface area contributed by atoms with E-state index >= 15 is 0 Å². The molecule has 1 N–H and O–H groups in total. The lowest BCUT2D eigenvalue weighted by atomic mass is 9.82. The molecule has 0 radical (unpaired) electrons. The van der Waals surface area contributed by atoms with Crippen LogP contribution in [0.15, 0.2) is 48.5 Å². The van der Waals surface area contributed by atoms with Crippen molar-refractivity contribution in [3.8, 4) is 17.4 Å². The number of carbonyl (C=O) groups is 5. The Bertz CT molecular complexity index is 3010. The fraction of sp³-hybridized carbons (Fsp3) is 0.615. The first-order chi connectivity index (χ1) is 38.3. The molecular weight excluding hydrogens is 1180 g/mol. The van der Waals surface area contributed by atoms with E-state index in [-0.39, 0.29) is 93.0 Å². The summed E-state index contributed by atoms with van der Waals surface area (Å²) in [5, 5.41) is 11.1. The molecule has 2 saturated heterocycles. The Morgan fingerprint density at radius 1 is 0.916 bits per heavy atom. The Hall–Kier alpha value is -6.27. The smallest absolute Gasteiger partial charge is 0.488 e. The minimum atomic E-state index is -5.08. The molecule has 2 saturated carbocycles. The summed E-state index contributed by atoms with van der Waals surface area (Å²) in [5.41, 5.74) is -9.21. The highest BCUT2D eigenvalue weighted by molar-refractivity contribution is 7.85. The highest BCUT2D eigenvalue weighted by atomic mass is 35.5. The first kappa shape index (κ1) is 65.9. The van der Waals surface area contributed by atoms with E-state index in [2.05, 4.69) is 14.5 Å². The molecule has 0 bridgehead atoms. The van der Waals surface area contributed by atoms with Crippen molar-refractivity contribution in [2.75, 3.05) is 26.4 Å². The molecule has 2 aromatic carbocycles. The van der Waals surface area contributed by atoms with Gasteiger partial charge in [0.1, 0.15) is 17.6 Å². The number of nitrogens with zero attached hydrogens (tertiary/aromatic N) is 3. The van der Waals surface area contributed by atoms with Gasteiger partial charge < -0.3 is 33.3 Å². The average Bonchev–Trinajstić information content (AvgIpc) is 4.32. The lowest BCUT2D eigenvalue weighted by molar-refractivity contribution is -0.384. The summed E-state index contributed by atoms with van der Waals surface area (Å²) >= 11 is 6.48. The zero-order valence-electron chi connectivity index (χ0n) is 45.5. The molecule has 2 aliphatic heterocycles. The Kier molecular flexibility index (Phi) is 19.9. The number of likely N-dealkylation sites (tertiary alicyclic amines) is 1. The van der Waals surface area contributed by atoms with Crippen molar-refractivity contribution in [2.24, 2.45) is 23.2 Å². The van der Waals surface area contributed by atoms with Gasteiger partial charge in [0.15, 0.2) is 5.78 Å². The third-order valence-electron chi connectivity index (χ3n) is 14.6. The summed E-state index contributed by atoms with van der Waals surface area (Å²) in [7, 11) is -5.08. The molecule has 1 aromatic heterocycles. The van der Waals surface area contributed by atoms with Gasteiger partial charge >= 0.3 is 41.0 Å². The first-order valence-corrected chi connectivity index (χ1v) is 27.8. The average molecular weight is 1240 g/mol. The van der Waals surface area contributed by atoms with Gasteiger partial charge in [-0.1, -0.05) is 31.0 Å². The molecule has 3 aromatic rings. The summed E-state index contributed by atoms with van der Waals surface area (Å²) in [4.78, 5) is 83.1. The number of nitro benzene ring substituents is 1. The normalized spacial score (nSPS) is 21.4. The van der Waals surface area contributed by atoms with Gasteiger partial charge in [0.25, 0.3) is 5.69 Å². The van der Waals surface area contributed by atoms with Crippen LogP contribution in [0.1, 0.15) is 106 Å². The summed E-state index contributed by atoms with van der Waals surface area (Å²) in [6, 6.07) is 9.31. The predicted molar refractivity (Wildman–Crippen MR) is 272 cm³/mol. The van der Waals surface area contributed by atoms with Crippen LogP contribution in [0.4, 0.5) is 50.0 Å². The number of nitrogens with one attached hydrogen (secondary N) is 1. The number of fused-ring (bicyclic) bond motifs is 1. The SMILES string of the molecule is CC(C)(OC(=O)Oc1ccc([N+](=O)[O-])cc1)C(F)(F)F.CCOc1cc(O[C@@H]2C[C@@H](C(=O)C[C@]3(C(=O)NS(=O)(=O)OC4(CC(F)(F)F)CC4)C[C@H]3CC)N(C(=O)[C@@H](CC(=O)OC(C)(C)C(F)(F)F)C3CCOCC3)C2)c2cccc(Cl)c2n1. The second kappa shape index (κ2) is 25.1. The lowest BCUT2D eigenvalue weighted by Gasteiger charge is -2.35. The number of non-ortho nitro benzene ring substituents is 1. The zero-order chi connectivity index (χ0) is 61.9. The van der Waals surface area contributed by atoms with E-state index in [1.807, 2.05) is 0 Å². The van der Waals surface area contributed by atoms with Gasteiger partial charge in [0.05, 0.1) is 64.4 Å². The van der Waals surface area contributed by atoms with Crippen molar-refractivity contribution in [2.45, 2.75) is 153 Å². The number of amides is 2. The minimum absolute atomic E-state index is 0.0282. The van der Waals surface area contributed by atoms with Crippen LogP contribution in [0.3, 0.4) is 0 Å². The van der Waals surface area contributed by atoms with Crippen molar-refractivity contribution < 1.29 is 109 Å². The van der Waals surface area contributed by atoms with Gasteiger partial charge in [-0.2, -0.15) is 47.9 Å². The lowest BCUT2D eigenvalue weighted by Crippen LogP contribution is -2.49. The monoisotopic (exact) mass is 1230 g/mol.